The predicted molar refractivity (Wildman–Crippen MR) is 76.4 cm³/mol. The Balaban J connectivity index is 2.45. The van der Waals surface area contributed by atoms with Crippen LogP contribution in [0.4, 0.5) is 0 Å². The molecule has 0 aliphatic rings. The number of guanidine groups is 1. The molecule has 1 aromatic rings. The molecule has 0 radical (unpaired) electrons. The minimum atomic E-state index is -3.46. The Morgan fingerprint density at radius 3 is 2.53 bits per heavy atom. The molecular weight excluding hydrogens is 264 g/mol. The minimum absolute atomic E-state index is 0.199. The largest absolute Gasteiger partial charge is 0.370 e. The van der Waals surface area contributed by atoms with E-state index < -0.39 is 10.0 Å². The first-order valence-electron chi connectivity index (χ1n) is 6.03. The van der Waals surface area contributed by atoms with E-state index in [1.165, 1.54) is 0 Å². The summed E-state index contributed by atoms with van der Waals surface area (Å²) in [6.07, 6.45) is 0. The van der Waals surface area contributed by atoms with Gasteiger partial charge in [-0.2, -0.15) is 0 Å². The molecule has 0 saturated carbocycles. The molecule has 7 heteroatoms. The number of benzene rings is 1. The number of aliphatic imine (C=N–C) groups is 1. The molecule has 1 rings (SSSR count). The van der Waals surface area contributed by atoms with Crippen molar-refractivity contribution >= 4 is 16.0 Å². The van der Waals surface area contributed by atoms with Crippen LogP contribution in [0.15, 0.2) is 40.2 Å². The highest BCUT2D eigenvalue weighted by atomic mass is 32.2. The molecule has 0 unspecified atom stereocenters. The molecule has 6 nitrogen and oxygen atoms in total. The van der Waals surface area contributed by atoms with Crippen LogP contribution in [0.1, 0.15) is 13.8 Å². The van der Waals surface area contributed by atoms with Crippen LogP contribution >= 0.6 is 0 Å². The molecule has 106 valence electrons. The molecule has 0 heterocycles. The lowest BCUT2D eigenvalue weighted by Gasteiger charge is -2.09. The van der Waals surface area contributed by atoms with Crippen LogP contribution in [0.25, 0.3) is 0 Å². The summed E-state index contributed by atoms with van der Waals surface area (Å²) in [5.74, 6) is 0.314. The van der Waals surface area contributed by atoms with Crippen molar-refractivity contribution in [1.29, 1.82) is 0 Å². The van der Waals surface area contributed by atoms with Gasteiger partial charge in [0, 0.05) is 12.6 Å². The SMILES string of the molecule is CC(C)NC(N)=NCCNS(=O)(=O)c1ccccc1. The highest BCUT2D eigenvalue weighted by Gasteiger charge is 2.11. The Bertz CT molecular complexity index is 512. The summed E-state index contributed by atoms with van der Waals surface area (Å²) in [7, 11) is -3.46. The second-order valence-electron chi connectivity index (χ2n) is 4.28. The lowest BCUT2D eigenvalue weighted by molar-refractivity contribution is 0.582. The van der Waals surface area contributed by atoms with E-state index in [1.807, 2.05) is 13.8 Å². The molecule has 0 fully saturated rings. The third-order valence-corrected chi connectivity index (χ3v) is 3.65. The van der Waals surface area contributed by atoms with E-state index in [0.717, 1.165) is 0 Å². The molecule has 4 N–H and O–H groups in total. The number of nitrogens with zero attached hydrogens (tertiary/aromatic N) is 1. The monoisotopic (exact) mass is 284 g/mol. The lowest BCUT2D eigenvalue weighted by Crippen LogP contribution is -2.37. The fourth-order valence-electron chi connectivity index (χ4n) is 1.38. The number of nitrogens with two attached hydrogens (primary N) is 1. The second kappa shape index (κ2) is 7.10. The minimum Gasteiger partial charge on any atom is -0.370 e. The van der Waals surface area contributed by atoms with Crippen LogP contribution < -0.4 is 15.8 Å². The molecule has 0 aliphatic heterocycles. The summed E-state index contributed by atoms with van der Waals surface area (Å²) in [4.78, 5) is 4.26. The van der Waals surface area contributed by atoms with Crippen molar-refractivity contribution in [3.8, 4) is 0 Å². The first kappa shape index (κ1) is 15.5. The van der Waals surface area contributed by atoms with Crippen molar-refractivity contribution in [2.45, 2.75) is 24.8 Å². The van der Waals surface area contributed by atoms with Crippen LogP contribution in [0, 0.1) is 0 Å². The molecule has 1 aromatic carbocycles. The van der Waals surface area contributed by atoms with E-state index in [-0.39, 0.29) is 24.0 Å². The molecule has 0 aliphatic carbocycles. The molecule has 0 amide bonds. The van der Waals surface area contributed by atoms with Gasteiger partial charge in [0.05, 0.1) is 11.4 Å². The van der Waals surface area contributed by atoms with Gasteiger partial charge in [-0.15, -0.1) is 0 Å². The summed E-state index contributed by atoms with van der Waals surface area (Å²) in [5.41, 5.74) is 5.60. The van der Waals surface area contributed by atoms with Gasteiger partial charge in [-0.25, -0.2) is 13.1 Å². The highest BCUT2D eigenvalue weighted by molar-refractivity contribution is 7.89. The topological polar surface area (TPSA) is 96.6 Å². The zero-order chi connectivity index (χ0) is 14.3. The quantitative estimate of drug-likeness (QED) is 0.397. The first-order valence-corrected chi connectivity index (χ1v) is 7.51. The number of rotatable bonds is 6. The van der Waals surface area contributed by atoms with E-state index in [1.54, 1.807) is 30.3 Å². The maximum absolute atomic E-state index is 11.8. The van der Waals surface area contributed by atoms with Gasteiger partial charge >= 0.3 is 0 Å². The van der Waals surface area contributed by atoms with Crippen LogP contribution in [0.3, 0.4) is 0 Å². The standard InChI is InChI=1S/C12H20N4O2S/c1-10(2)16-12(13)14-8-9-15-19(17,18)11-6-4-3-5-7-11/h3-7,10,15H,8-9H2,1-2H3,(H3,13,14,16). The maximum atomic E-state index is 11.8. The van der Waals surface area contributed by atoms with Crippen LogP contribution in [-0.4, -0.2) is 33.5 Å². The van der Waals surface area contributed by atoms with Gasteiger partial charge in [-0.3, -0.25) is 4.99 Å². The van der Waals surface area contributed by atoms with Gasteiger partial charge < -0.3 is 11.1 Å². The van der Waals surface area contributed by atoms with Crippen molar-refractivity contribution in [2.24, 2.45) is 10.7 Å². The smallest absolute Gasteiger partial charge is 0.240 e. The van der Waals surface area contributed by atoms with Crippen LogP contribution in [0.5, 0.6) is 0 Å². The summed E-state index contributed by atoms with van der Waals surface area (Å²) in [5, 5.41) is 2.92. The van der Waals surface area contributed by atoms with Gasteiger partial charge in [-0.1, -0.05) is 18.2 Å². The number of hydrogen-bond acceptors (Lipinski definition) is 3. The Hall–Kier alpha value is -1.60. The van der Waals surface area contributed by atoms with Gasteiger partial charge in [0.2, 0.25) is 10.0 Å². The normalized spacial score (nSPS) is 12.7. The summed E-state index contributed by atoms with van der Waals surface area (Å²) in [6, 6.07) is 8.40. The van der Waals surface area contributed by atoms with E-state index >= 15 is 0 Å². The molecule has 0 spiro atoms. The summed E-state index contributed by atoms with van der Waals surface area (Å²) >= 11 is 0. The van der Waals surface area contributed by atoms with E-state index in [2.05, 4.69) is 15.0 Å². The molecular formula is C12H20N4O2S. The fourth-order valence-corrected chi connectivity index (χ4v) is 2.42. The Labute approximate surface area is 114 Å². The zero-order valence-electron chi connectivity index (χ0n) is 11.1. The van der Waals surface area contributed by atoms with Crippen molar-refractivity contribution in [1.82, 2.24) is 10.0 Å². The van der Waals surface area contributed by atoms with E-state index in [9.17, 15) is 8.42 Å². The van der Waals surface area contributed by atoms with Crippen LogP contribution in [-0.2, 0) is 10.0 Å². The van der Waals surface area contributed by atoms with Crippen molar-refractivity contribution in [3.05, 3.63) is 30.3 Å². The fraction of sp³-hybridized carbons (Fsp3) is 0.417. The van der Waals surface area contributed by atoms with Crippen LogP contribution in [0.2, 0.25) is 0 Å². The second-order valence-corrected chi connectivity index (χ2v) is 6.04. The summed E-state index contributed by atoms with van der Waals surface area (Å²) < 4.78 is 26.2. The van der Waals surface area contributed by atoms with Gasteiger partial charge in [0.25, 0.3) is 0 Å². The average molecular weight is 284 g/mol. The molecule has 0 bridgehead atoms. The third kappa shape index (κ3) is 5.71. The Morgan fingerprint density at radius 2 is 1.95 bits per heavy atom. The van der Waals surface area contributed by atoms with E-state index in [0.29, 0.717) is 5.96 Å². The number of nitrogens with one attached hydrogen (secondary N) is 2. The third-order valence-electron chi connectivity index (χ3n) is 2.18. The molecule has 0 atom stereocenters. The van der Waals surface area contributed by atoms with Crippen molar-refractivity contribution < 1.29 is 8.42 Å². The molecule has 19 heavy (non-hydrogen) atoms. The average Bonchev–Trinajstić information content (AvgIpc) is 2.35. The van der Waals surface area contributed by atoms with Crippen molar-refractivity contribution in [2.75, 3.05) is 13.1 Å². The van der Waals surface area contributed by atoms with E-state index in [4.69, 9.17) is 5.73 Å². The first-order chi connectivity index (χ1) is 8.92. The Morgan fingerprint density at radius 1 is 1.32 bits per heavy atom. The molecule has 0 saturated heterocycles. The lowest BCUT2D eigenvalue weighted by atomic mass is 10.4. The maximum Gasteiger partial charge on any atom is 0.240 e. The molecule has 0 aromatic heterocycles. The predicted octanol–water partition coefficient (Wildman–Crippen LogP) is 0.278. The number of hydrogen-bond donors (Lipinski definition) is 3. The number of sulfonamides is 1. The summed E-state index contributed by atoms with van der Waals surface area (Å²) in [6.45, 7) is 4.39. The highest BCUT2D eigenvalue weighted by Crippen LogP contribution is 2.06. The zero-order valence-corrected chi connectivity index (χ0v) is 11.9. The van der Waals surface area contributed by atoms with Crippen molar-refractivity contribution in [3.63, 3.8) is 0 Å². The van der Waals surface area contributed by atoms with Gasteiger partial charge in [0.1, 0.15) is 0 Å². The van der Waals surface area contributed by atoms with Gasteiger partial charge in [0.15, 0.2) is 5.96 Å². The Kier molecular flexibility index (Phi) is 5.78. The van der Waals surface area contributed by atoms with Gasteiger partial charge in [-0.05, 0) is 26.0 Å².